The van der Waals surface area contributed by atoms with Crippen LogP contribution < -0.4 is 0 Å². The number of aryl methyl sites for hydroxylation is 1. The monoisotopic (exact) mass is 317 g/mol. The Morgan fingerprint density at radius 2 is 2.17 bits per heavy atom. The van der Waals surface area contributed by atoms with Gasteiger partial charge in [-0.05, 0) is 38.0 Å². The fourth-order valence-electron chi connectivity index (χ4n) is 3.31. The first-order valence-electron chi connectivity index (χ1n) is 8.23. The average molecular weight is 317 g/mol. The summed E-state index contributed by atoms with van der Waals surface area (Å²) in [7, 11) is 0. The molecule has 0 spiro atoms. The van der Waals surface area contributed by atoms with Crippen molar-refractivity contribution < 1.29 is 18.7 Å². The highest BCUT2D eigenvalue weighted by Crippen LogP contribution is 2.28. The molecule has 3 rings (SSSR count). The van der Waals surface area contributed by atoms with Crippen molar-refractivity contribution in [2.75, 3.05) is 6.54 Å². The zero-order valence-electron chi connectivity index (χ0n) is 13.4. The van der Waals surface area contributed by atoms with Gasteiger partial charge in [-0.2, -0.15) is 0 Å². The number of hydrogen-bond acceptors (Lipinski definition) is 4. The van der Waals surface area contributed by atoms with Crippen LogP contribution in [-0.2, 0) is 0 Å². The summed E-state index contributed by atoms with van der Waals surface area (Å²) in [6, 6.07) is 5.28. The van der Waals surface area contributed by atoms with Gasteiger partial charge in [-0.25, -0.2) is 0 Å². The molecule has 3 heterocycles. The van der Waals surface area contributed by atoms with Crippen molar-refractivity contribution in [3.05, 3.63) is 47.8 Å². The SMILES string of the molecule is Cc1occc1C(=O)N1CCCCC[C@H]1C[C@@H](O)c1ccco1. The van der Waals surface area contributed by atoms with E-state index in [4.69, 9.17) is 8.83 Å². The first-order chi connectivity index (χ1) is 11.2. The molecule has 1 amide bonds. The molecule has 1 saturated heterocycles. The number of hydrogen-bond donors (Lipinski definition) is 1. The summed E-state index contributed by atoms with van der Waals surface area (Å²) >= 11 is 0. The Kier molecular flexibility index (Phi) is 4.86. The van der Waals surface area contributed by atoms with E-state index in [1.165, 1.54) is 0 Å². The lowest BCUT2D eigenvalue weighted by Crippen LogP contribution is -2.41. The quantitative estimate of drug-likeness (QED) is 0.934. The zero-order valence-corrected chi connectivity index (χ0v) is 13.4. The van der Waals surface area contributed by atoms with E-state index < -0.39 is 6.10 Å². The van der Waals surface area contributed by atoms with E-state index in [0.717, 1.165) is 32.2 Å². The lowest BCUT2D eigenvalue weighted by Gasteiger charge is -2.31. The molecule has 1 fully saturated rings. The molecule has 23 heavy (non-hydrogen) atoms. The van der Waals surface area contributed by atoms with Crippen molar-refractivity contribution in [2.45, 2.75) is 51.2 Å². The number of likely N-dealkylation sites (tertiary alicyclic amines) is 1. The van der Waals surface area contributed by atoms with Crippen molar-refractivity contribution in [1.29, 1.82) is 0 Å². The summed E-state index contributed by atoms with van der Waals surface area (Å²) in [5, 5.41) is 10.4. The van der Waals surface area contributed by atoms with Crippen molar-refractivity contribution in [3.63, 3.8) is 0 Å². The summed E-state index contributed by atoms with van der Waals surface area (Å²) < 4.78 is 10.6. The highest BCUT2D eigenvalue weighted by Gasteiger charge is 2.30. The molecule has 0 bridgehead atoms. The van der Waals surface area contributed by atoms with Crippen LogP contribution in [0.15, 0.2) is 39.6 Å². The number of nitrogens with zero attached hydrogens (tertiary/aromatic N) is 1. The van der Waals surface area contributed by atoms with Crippen molar-refractivity contribution in [2.24, 2.45) is 0 Å². The average Bonchev–Trinajstić information content (AvgIpc) is 3.16. The molecule has 1 aliphatic heterocycles. The topological polar surface area (TPSA) is 66.8 Å². The minimum atomic E-state index is -0.686. The van der Waals surface area contributed by atoms with Gasteiger partial charge in [0.2, 0.25) is 0 Å². The van der Waals surface area contributed by atoms with Crippen LogP contribution in [-0.4, -0.2) is 28.5 Å². The van der Waals surface area contributed by atoms with Crippen LogP contribution in [0.25, 0.3) is 0 Å². The zero-order chi connectivity index (χ0) is 16.2. The summed E-state index contributed by atoms with van der Waals surface area (Å²) in [6.07, 6.45) is 7.00. The maximum atomic E-state index is 12.9. The van der Waals surface area contributed by atoms with E-state index in [-0.39, 0.29) is 11.9 Å². The molecular formula is C18H23NO4. The summed E-state index contributed by atoms with van der Waals surface area (Å²) in [4.78, 5) is 14.8. The Morgan fingerprint density at radius 1 is 1.30 bits per heavy atom. The second-order valence-electron chi connectivity index (χ2n) is 6.16. The van der Waals surface area contributed by atoms with Crippen LogP contribution in [0.5, 0.6) is 0 Å². The van der Waals surface area contributed by atoms with Gasteiger partial charge in [-0.3, -0.25) is 4.79 Å². The van der Waals surface area contributed by atoms with Crippen molar-refractivity contribution in [1.82, 2.24) is 4.90 Å². The molecule has 0 aliphatic carbocycles. The van der Waals surface area contributed by atoms with Crippen LogP contribution in [0, 0.1) is 6.92 Å². The number of carbonyl (C=O) groups excluding carboxylic acids is 1. The van der Waals surface area contributed by atoms with Gasteiger partial charge >= 0.3 is 0 Å². The van der Waals surface area contributed by atoms with E-state index in [9.17, 15) is 9.90 Å². The highest BCUT2D eigenvalue weighted by molar-refractivity contribution is 5.95. The van der Waals surface area contributed by atoms with Gasteiger partial charge < -0.3 is 18.8 Å². The van der Waals surface area contributed by atoms with Crippen LogP contribution in [0.3, 0.4) is 0 Å². The number of amides is 1. The molecule has 0 aromatic carbocycles. The first kappa shape index (κ1) is 15.9. The minimum absolute atomic E-state index is 0.00482. The van der Waals surface area contributed by atoms with Gasteiger partial charge in [-0.15, -0.1) is 0 Å². The number of aliphatic hydroxyl groups excluding tert-OH is 1. The molecule has 0 saturated carbocycles. The second kappa shape index (κ2) is 7.04. The molecular weight excluding hydrogens is 294 g/mol. The number of carbonyl (C=O) groups is 1. The molecule has 2 aromatic rings. The van der Waals surface area contributed by atoms with Crippen LogP contribution in [0.4, 0.5) is 0 Å². The number of aliphatic hydroxyl groups is 1. The smallest absolute Gasteiger partial charge is 0.257 e. The van der Waals surface area contributed by atoms with E-state index in [1.54, 1.807) is 37.6 Å². The Hall–Kier alpha value is -2.01. The van der Waals surface area contributed by atoms with E-state index in [2.05, 4.69) is 0 Å². The molecule has 5 nitrogen and oxygen atoms in total. The second-order valence-corrected chi connectivity index (χ2v) is 6.16. The van der Waals surface area contributed by atoms with Crippen molar-refractivity contribution >= 4 is 5.91 Å². The van der Waals surface area contributed by atoms with Gasteiger partial charge in [0.15, 0.2) is 0 Å². The fourth-order valence-corrected chi connectivity index (χ4v) is 3.31. The summed E-state index contributed by atoms with van der Waals surface area (Å²) in [5.74, 6) is 1.19. The summed E-state index contributed by atoms with van der Waals surface area (Å²) in [5.41, 5.74) is 0.615. The van der Waals surface area contributed by atoms with Crippen LogP contribution in [0.1, 0.15) is 60.1 Å². The summed E-state index contributed by atoms with van der Waals surface area (Å²) in [6.45, 7) is 2.52. The van der Waals surface area contributed by atoms with Crippen LogP contribution in [0.2, 0.25) is 0 Å². The predicted octanol–water partition coefficient (Wildman–Crippen LogP) is 3.69. The highest BCUT2D eigenvalue weighted by atomic mass is 16.4. The molecule has 0 unspecified atom stereocenters. The molecule has 124 valence electrons. The third kappa shape index (κ3) is 3.50. The first-order valence-corrected chi connectivity index (χ1v) is 8.23. The normalized spacial score (nSPS) is 20.3. The van der Waals surface area contributed by atoms with Crippen molar-refractivity contribution in [3.8, 4) is 0 Å². The van der Waals surface area contributed by atoms with E-state index >= 15 is 0 Å². The molecule has 5 heteroatoms. The van der Waals surface area contributed by atoms with Gasteiger partial charge in [0.05, 0.1) is 18.1 Å². The Bertz CT molecular complexity index is 631. The molecule has 0 radical (unpaired) electrons. The maximum absolute atomic E-state index is 12.9. The van der Waals surface area contributed by atoms with Gasteiger partial charge in [-0.1, -0.05) is 12.8 Å². The molecule has 1 N–H and O–H groups in total. The van der Waals surface area contributed by atoms with Gasteiger partial charge in [0, 0.05) is 19.0 Å². The van der Waals surface area contributed by atoms with Gasteiger partial charge in [0.25, 0.3) is 5.91 Å². The maximum Gasteiger partial charge on any atom is 0.257 e. The van der Waals surface area contributed by atoms with Crippen LogP contribution >= 0.6 is 0 Å². The number of rotatable bonds is 4. The number of furan rings is 2. The standard InChI is InChI=1S/C18H23NO4/c1-13-15(8-11-22-13)18(21)19-9-4-2-3-6-14(19)12-16(20)17-7-5-10-23-17/h5,7-8,10-11,14,16,20H,2-4,6,9,12H2,1H3/t14-,16+/m0/s1. The third-order valence-corrected chi connectivity index (χ3v) is 4.59. The van der Waals surface area contributed by atoms with E-state index in [1.807, 2.05) is 4.90 Å². The minimum Gasteiger partial charge on any atom is -0.469 e. The fraction of sp³-hybridized carbons (Fsp3) is 0.500. The Morgan fingerprint density at radius 3 is 2.87 bits per heavy atom. The van der Waals surface area contributed by atoms with E-state index in [0.29, 0.717) is 23.5 Å². The molecule has 1 aliphatic rings. The van der Waals surface area contributed by atoms with Gasteiger partial charge in [0.1, 0.15) is 17.6 Å². The molecule has 2 aromatic heterocycles. The Balaban J connectivity index is 1.77. The largest absolute Gasteiger partial charge is 0.469 e. The third-order valence-electron chi connectivity index (χ3n) is 4.59. The predicted molar refractivity (Wildman–Crippen MR) is 85.0 cm³/mol. The lowest BCUT2D eigenvalue weighted by atomic mass is 10.0. The Labute approximate surface area is 135 Å². The molecule has 2 atom stereocenters. The lowest BCUT2D eigenvalue weighted by molar-refractivity contribution is 0.0556.